The SMILES string of the molecule is CC(CN)c1c(F)ccc2c1CCO2. The summed E-state index contributed by atoms with van der Waals surface area (Å²) in [6.07, 6.45) is 0.798. The van der Waals surface area contributed by atoms with Crippen molar-refractivity contribution in [2.45, 2.75) is 19.3 Å². The van der Waals surface area contributed by atoms with E-state index in [4.69, 9.17) is 10.5 Å². The van der Waals surface area contributed by atoms with E-state index in [0.29, 0.717) is 13.2 Å². The third kappa shape index (κ3) is 1.38. The van der Waals surface area contributed by atoms with Crippen molar-refractivity contribution in [3.8, 4) is 5.75 Å². The molecule has 1 atom stereocenters. The molecule has 0 saturated carbocycles. The molecule has 0 aromatic heterocycles. The van der Waals surface area contributed by atoms with Crippen LogP contribution in [0, 0.1) is 5.82 Å². The number of hydrogen-bond donors (Lipinski definition) is 1. The van der Waals surface area contributed by atoms with Crippen LogP contribution in [0.3, 0.4) is 0 Å². The Kier molecular flexibility index (Phi) is 2.42. The van der Waals surface area contributed by atoms with Crippen molar-refractivity contribution in [1.29, 1.82) is 0 Å². The highest BCUT2D eigenvalue weighted by molar-refractivity contribution is 5.45. The lowest BCUT2D eigenvalue weighted by atomic mass is 9.94. The van der Waals surface area contributed by atoms with Crippen LogP contribution in [0.25, 0.3) is 0 Å². The predicted molar refractivity (Wildman–Crippen MR) is 53.1 cm³/mol. The van der Waals surface area contributed by atoms with Gasteiger partial charge in [0.05, 0.1) is 6.61 Å². The Hall–Kier alpha value is -1.09. The van der Waals surface area contributed by atoms with Gasteiger partial charge in [-0.05, 0) is 30.2 Å². The van der Waals surface area contributed by atoms with Gasteiger partial charge in [-0.25, -0.2) is 4.39 Å². The highest BCUT2D eigenvalue weighted by Crippen LogP contribution is 2.33. The topological polar surface area (TPSA) is 35.2 Å². The quantitative estimate of drug-likeness (QED) is 0.781. The first-order valence-electron chi connectivity index (χ1n) is 4.88. The Morgan fingerprint density at radius 2 is 2.36 bits per heavy atom. The molecule has 0 amide bonds. The van der Waals surface area contributed by atoms with Gasteiger partial charge in [0, 0.05) is 12.0 Å². The summed E-state index contributed by atoms with van der Waals surface area (Å²) in [5, 5.41) is 0. The van der Waals surface area contributed by atoms with Gasteiger partial charge in [-0.15, -0.1) is 0 Å². The third-order valence-electron chi connectivity index (χ3n) is 2.72. The fraction of sp³-hybridized carbons (Fsp3) is 0.455. The fourth-order valence-corrected chi connectivity index (χ4v) is 1.92. The summed E-state index contributed by atoms with van der Waals surface area (Å²) in [4.78, 5) is 0. The highest BCUT2D eigenvalue weighted by atomic mass is 19.1. The van der Waals surface area contributed by atoms with Crippen molar-refractivity contribution < 1.29 is 9.13 Å². The number of benzene rings is 1. The van der Waals surface area contributed by atoms with Gasteiger partial charge in [-0.3, -0.25) is 0 Å². The van der Waals surface area contributed by atoms with Gasteiger partial charge in [0.25, 0.3) is 0 Å². The van der Waals surface area contributed by atoms with Gasteiger partial charge < -0.3 is 10.5 Å². The molecule has 0 aliphatic carbocycles. The number of hydrogen-bond acceptors (Lipinski definition) is 2. The average molecular weight is 195 g/mol. The zero-order valence-electron chi connectivity index (χ0n) is 8.22. The van der Waals surface area contributed by atoms with E-state index in [2.05, 4.69) is 0 Å². The maximum Gasteiger partial charge on any atom is 0.127 e. The lowest BCUT2D eigenvalue weighted by Crippen LogP contribution is -2.12. The molecule has 14 heavy (non-hydrogen) atoms. The number of halogens is 1. The van der Waals surface area contributed by atoms with Crippen molar-refractivity contribution in [2.24, 2.45) is 5.73 Å². The lowest BCUT2D eigenvalue weighted by Gasteiger charge is -2.13. The Morgan fingerprint density at radius 3 is 3.07 bits per heavy atom. The zero-order valence-corrected chi connectivity index (χ0v) is 8.22. The minimum absolute atomic E-state index is 0.0617. The van der Waals surface area contributed by atoms with Crippen LogP contribution >= 0.6 is 0 Å². The summed E-state index contributed by atoms with van der Waals surface area (Å²) in [5.74, 6) is 0.723. The van der Waals surface area contributed by atoms with Gasteiger partial charge >= 0.3 is 0 Å². The molecule has 0 radical (unpaired) electrons. The first-order chi connectivity index (χ1) is 6.74. The highest BCUT2D eigenvalue weighted by Gasteiger charge is 2.22. The van der Waals surface area contributed by atoms with Crippen molar-refractivity contribution >= 4 is 0 Å². The van der Waals surface area contributed by atoms with E-state index in [1.54, 1.807) is 6.07 Å². The molecule has 2 nitrogen and oxygen atoms in total. The Bertz CT molecular complexity index is 351. The van der Waals surface area contributed by atoms with Crippen molar-refractivity contribution in [3.05, 3.63) is 29.1 Å². The van der Waals surface area contributed by atoms with Crippen LogP contribution < -0.4 is 10.5 Å². The van der Waals surface area contributed by atoms with E-state index in [0.717, 1.165) is 23.3 Å². The molecule has 0 bridgehead atoms. The molecule has 2 N–H and O–H groups in total. The molecule has 0 fully saturated rings. The monoisotopic (exact) mass is 195 g/mol. The molecule has 1 aromatic rings. The van der Waals surface area contributed by atoms with Crippen LogP contribution in [0.1, 0.15) is 24.0 Å². The molecule has 3 heteroatoms. The second-order valence-corrected chi connectivity index (χ2v) is 3.67. The second-order valence-electron chi connectivity index (χ2n) is 3.67. The molecular weight excluding hydrogens is 181 g/mol. The van der Waals surface area contributed by atoms with Crippen molar-refractivity contribution in [1.82, 2.24) is 0 Å². The summed E-state index contributed by atoms with van der Waals surface area (Å²) in [5.41, 5.74) is 7.30. The summed E-state index contributed by atoms with van der Waals surface area (Å²) in [6, 6.07) is 3.16. The summed E-state index contributed by atoms with van der Waals surface area (Å²) in [6.45, 7) is 3.06. The van der Waals surface area contributed by atoms with Gasteiger partial charge in [0.15, 0.2) is 0 Å². The van der Waals surface area contributed by atoms with E-state index in [1.807, 2.05) is 6.92 Å². The largest absolute Gasteiger partial charge is 0.493 e. The van der Waals surface area contributed by atoms with Crippen molar-refractivity contribution in [2.75, 3.05) is 13.2 Å². The molecule has 1 aliphatic heterocycles. The molecule has 1 aromatic carbocycles. The number of rotatable bonds is 2. The second kappa shape index (κ2) is 3.58. The molecule has 0 spiro atoms. The van der Waals surface area contributed by atoms with Crippen LogP contribution in [0.4, 0.5) is 4.39 Å². The molecule has 2 rings (SSSR count). The van der Waals surface area contributed by atoms with Crippen LogP contribution in [0.5, 0.6) is 5.75 Å². The van der Waals surface area contributed by atoms with Crippen LogP contribution in [0.2, 0.25) is 0 Å². The Balaban J connectivity index is 2.51. The van der Waals surface area contributed by atoms with E-state index in [-0.39, 0.29) is 11.7 Å². The van der Waals surface area contributed by atoms with Crippen molar-refractivity contribution in [3.63, 3.8) is 0 Å². The number of ether oxygens (including phenoxy) is 1. The Morgan fingerprint density at radius 1 is 1.57 bits per heavy atom. The maximum atomic E-state index is 13.6. The average Bonchev–Trinajstić information content (AvgIpc) is 2.64. The Labute approximate surface area is 82.9 Å². The number of fused-ring (bicyclic) bond motifs is 1. The third-order valence-corrected chi connectivity index (χ3v) is 2.72. The number of nitrogens with two attached hydrogens (primary N) is 1. The smallest absolute Gasteiger partial charge is 0.127 e. The molecular formula is C11H14FNO. The van der Waals surface area contributed by atoms with E-state index in [9.17, 15) is 4.39 Å². The maximum absolute atomic E-state index is 13.6. The molecule has 0 saturated heterocycles. The van der Waals surface area contributed by atoms with Gasteiger partial charge in [-0.1, -0.05) is 6.92 Å². The minimum Gasteiger partial charge on any atom is -0.493 e. The molecule has 1 aliphatic rings. The summed E-state index contributed by atoms with van der Waals surface area (Å²) in [7, 11) is 0. The normalized spacial score (nSPS) is 16.2. The first-order valence-corrected chi connectivity index (χ1v) is 4.88. The van der Waals surface area contributed by atoms with Crippen LogP contribution in [-0.2, 0) is 6.42 Å². The van der Waals surface area contributed by atoms with Gasteiger partial charge in [0.2, 0.25) is 0 Å². The summed E-state index contributed by atoms with van der Waals surface area (Å²) < 4.78 is 19.0. The first kappa shape index (κ1) is 9.46. The fourth-order valence-electron chi connectivity index (χ4n) is 1.92. The standard InChI is InChI=1S/C11H14FNO/c1-7(6-13)11-8-4-5-14-10(8)3-2-9(11)12/h2-3,7H,4-6,13H2,1H3. The van der Waals surface area contributed by atoms with Crippen LogP contribution in [-0.4, -0.2) is 13.2 Å². The van der Waals surface area contributed by atoms with Gasteiger partial charge in [-0.2, -0.15) is 0 Å². The molecule has 1 heterocycles. The zero-order chi connectivity index (χ0) is 10.1. The van der Waals surface area contributed by atoms with Gasteiger partial charge in [0.1, 0.15) is 11.6 Å². The van der Waals surface area contributed by atoms with E-state index >= 15 is 0 Å². The van der Waals surface area contributed by atoms with E-state index in [1.165, 1.54) is 6.07 Å². The minimum atomic E-state index is -0.160. The predicted octanol–water partition coefficient (Wildman–Crippen LogP) is 1.82. The van der Waals surface area contributed by atoms with Crippen LogP contribution in [0.15, 0.2) is 12.1 Å². The molecule has 1 unspecified atom stereocenters. The van der Waals surface area contributed by atoms with E-state index < -0.39 is 0 Å². The molecule has 76 valence electrons. The lowest BCUT2D eigenvalue weighted by molar-refractivity contribution is 0.356. The summed E-state index contributed by atoms with van der Waals surface area (Å²) >= 11 is 0.